The number of nitrogens with zero attached hydrogens (tertiary/aromatic N) is 2. The predicted octanol–water partition coefficient (Wildman–Crippen LogP) is 2.70. The predicted molar refractivity (Wildman–Crippen MR) is 59.7 cm³/mol. The van der Waals surface area contributed by atoms with Crippen molar-refractivity contribution in [3.8, 4) is 6.01 Å². The fourth-order valence-electron chi connectivity index (χ4n) is 1.43. The smallest absolute Gasteiger partial charge is 0.316 e. The number of alkyl halides is 1. The molecule has 1 aliphatic carbocycles. The zero-order valence-electron chi connectivity index (χ0n) is 8.41. The van der Waals surface area contributed by atoms with Crippen LogP contribution in [0, 0.1) is 5.92 Å². The molecular weight excluding hydrogens is 235 g/mol. The molecule has 5 heteroatoms. The maximum atomic E-state index is 6.22. The van der Waals surface area contributed by atoms with Crippen LogP contribution in [-0.2, 0) is 6.42 Å². The van der Waals surface area contributed by atoms with Crippen LogP contribution in [0.3, 0.4) is 0 Å². The number of rotatable bonds is 4. The quantitative estimate of drug-likeness (QED) is 0.767. The molecule has 1 heterocycles. The molecule has 3 nitrogen and oxygen atoms in total. The molecule has 0 radical (unpaired) electrons. The molecule has 1 aliphatic rings. The van der Waals surface area contributed by atoms with Crippen LogP contribution in [0.2, 0.25) is 5.02 Å². The van der Waals surface area contributed by atoms with Gasteiger partial charge in [-0.3, -0.25) is 0 Å². The van der Waals surface area contributed by atoms with Crippen LogP contribution in [-0.4, -0.2) is 22.5 Å². The number of hydrogen-bond acceptors (Lipinski definition) is 3. The average Bonchev–Trinajstić information content (AvgIpc) is 3.04. The molecule has 0 aliphatic heterocycles. The minimum atomic E-state index is 0.127. The fourth-order valence-corrected chi connectivity index (χ4v) is 2.00. The van der Waals surface area contributed by atoms with Crippen molar-refractivity contribution < 1.29 is 4.74 Å². The molecule has 1 atom stereocenters. The molecule has 15 heavy (non-hydrogen) atoms. The minimum absolute atomic E-state index is 0.127. The lowest BCUT2D eigenvalue weighted by Crippen LogP contribution is -2.08. The van der Waals surface area contributed by atoms with E-state index < -0.39 is 0 Å². The standard InChI is InChI=1S/C10H12Cl2N2O/c1-15-10-13-5-8(12)9(14-10)4-7(11)6-2-3-6/h5-7H,2-4H2,1H3. The summed E-state index contributed by atoms with van der Waals surface area (Å²) in [7, 11) is 1.53. The van der Waals surface area contributed by atoms with E-state index in [1.807, 2.05) is 0 Å². The van der Waals surface area contributed by atoms with Gasteiger partial charge in [-0.05, 0) is 18.8 Å². The summed E-state index contributed by atoms with van der Waals surface area (Å²) in [6.45, 7) is 0. The lowest BCUT2D eigenvalue weighted by atomic mass is 10.1. The van der Waals surface area contributed by atoms with Crippen LogP contribution in [0.15, 0.2) is 6.20 Å². The Morgan fingerprint density at radius 3 is 2.93 bits per heavy atom. The van der Waals surface area contributed by atoms with E-state index in [9.17, 15) is 0 Å². The number of aromatic nitrogens is 2. The molecule has 0 aromatic carbocycles. The van der Waals surface area contributed by atoms with Gasteiger partial charge in [-0.2, -0.15) is 4.98 Å². The van der Waals surface area contributed by atoms with Gasteiger partial charge in [0.25, 0.3) is 0 Å². The van der Waals surface area contributed by atoms with E-state index >= 15 is 0 Å². The second kappa shape index (κ2) is 4.54. The molecule has 0 bridgehead atoms. The zero-order chi connectivity index (χ0) is 10.8. The average molecular weight is 247 g/mol. The van der Waals surface area contributed by atoms with Crippen LogP contribution in [0.4, 0.5) is 0 Å². The lowest BCUT2D eigenvalue weighted by Gasteiger charge is -2.09. The van der Waals surface area contributed by atoms with Crippen LogP contribution in [0.25, 0.3) is 0 Å². The highest BCUT2D eigenvalue weighted by Crippen LogP contribution is 2.37. The van der Waals surface area contributed by atoms with Crippen LogP contribution < -0.4 is 4.74 Å². The van der Waals surface area contributed by atoms with Gasteiger partial charge < -0.3 is 4.74 Å². The van der Waals surface area contributed by atoms with Gasteiger partial charge in [-0.25, -0.2) is 4.98 Å². The van der Waals surface area contributed by atoms with Crippen molar-refractivity contribution in [3.63, 3.8) is 0 Å². The van der Waals surface area contributed by atoms with Crippen molar-refractivity contribution in [1.82, 2.24) is 9.97 Å². The van der Waals surface area contributed by atoms with Gasteiger partial charge in [-0.1, -0.05) is 11.6 Å². The summed E-state index contributed by atoms with van der Waals surface area (Å²) in [6, 6.07) is 0.342. The van der Waals surface area contributed by atoms with Crippen LogP contribution in [0.1, 0.15) is 18.5 Å². The van der Waals surface area contributed by atoms with Gasteiger partial charge in [0.1, 0.15) is 0 Å². The molecule has 0 N–H and O–H groups in total. The first kappa shape index (κ1) is 11.0. The molecular formula is C10H12Cl2N2O. The first-order valence-corrected chi connectivity index (χ1v) is 5.71. The van der Waals surface area contributed by atoms with Crippen molar-refractivity contribution >= 4 is 23.2 Å². The molecule has 1 unspecified atom stereocenters. The van der Waals surface area contributed by atoms with E-state index in [-0.39, 0.29) is 5.38 Å². The number of hydrogen-bond donors (Lipinski definition) is 0. The van der Waals surface area contributed by atoms with Gasteiger partial charge in [0.05, 0.1) is 24.0 Å². The highest BCUT2D eigenvalue weighted by molar-refractivity contribution is 6.31. The number of methoxy groups -OCH3 is 1. The Hall–Kier alpha value is -0.540. The monoisotopic (exact) mass is 246 g/mol. The minimum Gasteiger partial charge on any atom is -0.467 e. The van der Waals surface area contributed by atoms with E-state index in [1.165, 1.54) is 20.0 Å². The summed E-state index contributed by atoms with van der Waals surface area (Å²) in [6.07, 6.45) is 4.67. The first-order chi connectivity index (χ1) is 7.20. The molecule has 1 fully saturated rings. The highest BCUT2D eigenvalue weighted by Gasteiger charge is 2.30. The van der Waals surface area contributed by atoms with Gasteiger partial charge in [0, 0.05) is 11.8 Å². The Morgan fingerprint density at radius 2 is 2.33 bits per heavy atom. The summed E-state index contributed by atoms with van der Waals surface area (Å²) in [5.74, 6) is 0.628. The van der Waals surface area contributed by atoms with E-state index in [2.05, 4.69) is 9.97 Å². The second-order valence-electron chi connectivity index (χ2n) is 3.71. The molecule has 1 saturated carbocycles. The maximum absolute atomic E-state index is 6.22. The van der Waals surface area contributed by atoms with Crippen LogP contribution in [0.5, 0.6) is 6.01 Å². The third kappa shape index (κ3) is 2.73. The molecule has 2 rings (SSSR count). The van der Waals surface area contributed by atoms with Crippen molar-refractivity contribution in [2.45, 2.75) is 24.6 Å². The van der Waals surface area contributed by atoms with E-state index in [0.29, 0.717) is 23.4 Å². The second-order valence-corrected chi connectivity index (χ2v) is 4.68. The largest absolute Gasteiger partial charge is 0.467 e. The summed E-state index contributed by atoms with van der Waals surface area (Å²) >= 11 is 12.2. The van der Waals surface area contributed by atoms with Crippen molar-refractivity contribution in [2.75, 3.05) is 7.11 Å². The van der Waals surface area contributed by atoms with Gasteiger partial charge >= 0.3 is 6.01 Å². The lowest BCUT2D eigenvalue weighted by molar-refractivity contribution is 0.377. The van der Waals surface area contributed by atoms with Gasteiger partial charge in [-0.15, -0.1) is 11.6 Å². The zero-order valence-corrected chi connectivity index (χ0v) is 9.92. The van der Waals surface area contributed by atoms with Crippen molar-refractivity contribution in [2.24, 2.45) is 5.92 Å². The van der Waals surface area contributed by atoms with Crippen LogP contribution >= 0.6 is 23.2 Å². The molecule has 0 spiro atoms. The Morgan fingerprint density at radius 1 is 1.60 bits per heavy atom. The summed E-state index contributed by atoms with van der Waals surface area (Å²) < 4.78 is 4.94. The summed E-state index contributed by atoms with van der Waals surface area (Å²) in [5.41, 5.74) is 0.774. The third-order valence-corrected chi connectivity index (χ3v) is 3.33. The Kier molecular flexibility index (Phi) is 3.32. The Balaban J connectivity index is 2.11. The van der Waals surface area contributed by atoms with E-state index in [1.54, 1.807) is 6.20 Å². The van der Waals surface area contributed by atoms with E-state index in [0.717, 1.165) is 5.69 Å². The summed E-state index contributed by atoms with van der Waals surface area (Å²) in [5, 5.41) is 0.684. The first-order valence-electron chi connectivity index (χ1n) is 4.90. The number of halogens is 2. The van der Waals surface area contributed by atoms with Gasteiger partial charge in [0.15, 0.2) is 0 Å². The molecule has 0 amide bonds. The highest BCUT2D eigenvalue weighted by atomic mass is 35.5. The molecule has 0 saturated heterocycles. The van der Waals surface area contributed by atoms with Crippen molar-refractivity contribution in [1.29, 1.82) is 0 Å². The number of ether oxygens (including phenoxy) is 1. The fraction of sp³-hybridized carbons (Fsp3) is 0.600. The maximum Gasteiger partial charge on any atom is 0.316 e. The Labute approximate surface area is 98.8 Å². The summed E-state index contributed by atoms with van der Waals surface area (Å²) in [4.78, 5) is 8.11. The van der Waals surface area contributed by atoms with Crippen molar-refractivity contribution in [3.05, 3.63) is 16.9 Å². The van der Waals surface area contributed by atoms with E-state index in [4.69, 9.17) is 27.9 Å². The molecule has 1 aromatic rings. The normalized spacial score (nSPS) is 17.5. The SMILES string of the molecule is COc1ncc(Cl)c(CC(Cl)C2CC2)n1. The molecule has 82 valence electrons. The Bertz CT molecular complexity index is 355. The van der Waals surface area contributed by atoms with Gasteiger partial charge in [0.2, 0.25) is 0 Å². The molecule has 1 aromatic heterocycles. The third-order valence-electron chi connectivity index (χ3n) is 2.50. The topological polar surface area (TPSA) is 35.0 Å².